The zero-order valence-electron chi connectivity index (χ0n) is 14.7. The van der Waals surface area contributed by atoms with Crippen molar-refractivity contribution in [2.75, 3.05) is 6.54 Å². The molecule has 6 heteroatoms. The lowest BCUT2D eigenvalue weighted by molar-refractivity contribution is 0.0526. The summed E-state index contributed by atoms with van der Waals surface area (Å²) in [5.41, 5.74) is 0.0609. The summed E-state index contributed by atoms with van der Waals surface area (Å²) in [5, 5.41) is 2.75. The van der Waals surface area contributed by atoms with Crippen molar-refractivity contribution >= 4 is 27.8 Å². The highest BCUT2D eigenvalue weighted by atomic mass is 79.9. The number of amides is 1. The summed E-state index contributed by atoms with van der Waals surface area (Å²) in [6.07, 6.45) is 5.03. The molecule has 0 atom stereocenters. The van der Waals surface area contributed by atoms with E-state index in [0.717, 1.165) is 32.1 Å². The molecule has 24 heavy (non-hydrogen) atoms. The Bertz CT molecular complexity index is 541. The van der Waals surface area contributed by atoms with Crippen LogP contribution in [0.1, 0.15) is 69.8 Å². The van der Waals surface area contributed by atoms with Crippen LogP contribution in [0.3, 0.4) is 0 Å². The van der Waals surface area contributed by atoms with Gasteiger partial charge in [0.05, 0.1) is 0 Å². The van der Waals surface area contributed by atoms with Crippen LogP contribution >= 0.6 is 15.9 Å². The first-order chi connectivity index (χ1) is 11.3. The Labute approximate surface area is 152 Å². The van der Waals surface area contributed by atoms with E-state index in [-0.39, 0.29) is 11.9 Å². The molecule has 0 radical (unpaired) electrons. The average molecular weight is 399 g/mol. The predicted octanol–water partition coefficient (Wildman–Crippen LogP) is 4.89. The number of carbonyl (C=O) groups is 2. The maximum Gasteiger partial charge on any atom is 0.407 e. The summed E-state index contributed by atoms with van der Waals surface area (Å²) in [6.45, 7) is 6.16. The van der Waals surface area contributed by atoms with Gasteiger partial charge in [-0.1, -0.05) is 25.3 Å². The number of nitrogens with zero attached hydrogens (tertiary/aromatic N) is 1. The Morgan fingerprint density at radius 3 is 2.46 bits per heavy atom. The Kier molecular flexibility index (Phi) is 8.97. The zero-order chi connectivity index (χ0) is 18.0. The molecule has 0 aliphatic heterocycles. The molecule has 1 heterocycles. The van der Waals surface area contributed by atoms with Gasteiger partial charge < -0.3 is 10.1 Å². The summed E-state index contributed by atoms with van der Waals surface area (Å²) >= 11 is 3.27. The number of hydrogen-bond acceptors (Lipinski definition) is 4. The summed E-state index contributed by atoms with van der Waals surface area (Å²) in [5.74, 6) is 0.0860. The fourth-order valence-corrected chi connectivity index (χ4v) is 2.48. The fraction of sp³-hybridized carbons (Fsp3) is 0.611. The van der Waals surface area contributed by atoms with E-state index in [9.17, 15) is 9.59 Å². The van der Waals surface area contributed by atoms with E-state index < -0.39 is 5.60 Å². The topological polar surface area (TPSA) is 68.3 Å². The van der Waals surface area contributed by atoms with Crippen LogP contribution < -0.4 is 5.32 Å². The van der Waals surface area contributed by atoms with Crippen LogP contribution in [0, 0.1) is 0 Å². The molecule has 1 amide bonds. The molecule has 1 aromatic heterocycles. The quantitative estimate of drug-likeness (QED) is 0.365. The summed E-state index contributed by atoms with van der Waals surface area (Å²) in [7, 11) is 0. The molecule has 0 saturated heterocycles. The van der Waals surface area contributed by atoms with E-state index in [4.69, 9.17) is 4.74 Å². The number of nitrogens with one attached hydrogen (secondary N) is 1. The lowest BCUT2D eigenvalue weighted by Gasteiger charge is -2.19. The average Bonchev–Trinajstić information content (AvgIpc) is 2.48. The Hall–Kier alpha value is -1.43. The number of ether oxygens (including phenoxy) is 1. The molecule has 134 valence electrons. The fourth-order valence-electron chi connectivity index (χ4n) is 2.14. The van der Waals surface area contributed by atoms with Gasteiger partial charge in [-0.3, -0.25) is 4.79 Å². The molecular weight excluding hydrogens is 372 g/mol. The highest BCUT2D eigenvalue weighted by Gasteiger charge is 2.15. The van der Waals surface area contributed by atoms with Crippen molar-refractivity contribution in [3.63, 3.8) is 0 Å². The van der Waals surface area contributed by atoms with E-state index in [1.54, 1.807) is 6.07 Å². The number of aromatic nitrogens is 1. The number of alkyl carbamates (subject to hydrolysis) is 1. The SMILES string of the molecule is CC(C)(C)OC(=O)NCCCCCCCC(=O)c1cccc(Br)n1. The first-order valence-corrected chi connectivity index (χ1v) is 9.20. The van der Waals surface area contributed by atoms with Crippen molar-refractivity contribution in [3.05, 3.63) is 28.5 Å². The van der Waals surface area contributed by atoms with Gasteiger partial charge in [-0.2, -0.15) is 0 Å². The van der Waals surface area contributed by atoms with Crippen LogP contribution in [-0.4, -0.2) is 29.0 Å². The molecule has 0 spiro atoms. The van der Waals surface area contributed by atoms with Gasteiger partial charge in [-0.25, -0.2) is 9.78 Å². The van der Waals surface area contributed by atoms with Crippen LogP contribution in [0.15, 0.2) is 22.8 Å². The van der Waals surface area contributed by atoms with E-state index in [1.165, 1.54) is 0 Å². The third-order valence-corrected chi connectivity index (χ3v) is 3.69. The Balaban J connectivity index is 2.03. The third-order valence-electron chi connectivity index (χ3n) is 3.25. The van der Waals surface area contributed by atoms with Gasteiger partial charge in [0, 0.05) is 13.0 Å². The molecule has 0 fully saturated rings. The van der Waals surface area contributed by atoms with E-state index in [1.807, 2.05) is 32.9 Å². The molecule has 0 unspecified atom stereocenters. The van der Waals surface area contributed by atoms with Gasteiger partial charge in [0.15, 0.2) is 5.78 Å². The minimum atomic E-state index is -0.459. The number of rotatable bonds is 9. The number of hydrogen-bond donors (Lipinski definition) is 1. The normalized spacial score (nSPS) is 11.2. The minimum Gasteiger partial charge on any atom is -0.444 e. The lowest BCUT2D eigenvalue weighted by Crippen LogP contribution is -2.32. The molecule has 0 bridgehead atoms. The van der Waals surface area contributed by atoms with Crippen molar-refractivity contribution in [2.45, 2.75) is 64.9 Å². The number of Topliss-reactive ketones (excluding diaryl/α,β-unsaturated/α-hetero) is 1. The first-order valence-electron chi connectivity index (χ1n) is 8.40. The van der Waals surface area contributed by atoms with E-state index in [0.29, 0.717) is 23.3 Å². The number of carbonyl (C=O) groups excluding carboxylic acids is 2. The lowest BCUT2D eigenvalue weighted by atomic mass is 10.1. The number of pyridine rings is 1. The second kappa shape index (κ2) is 10.4. The molecule has 0 aliphatic carbocycles. The summed E-state index contributed by atoms with van der Waals surface area (Å²) < 4.78 is 5.85. The van der Waals surface area contributed by atoms with E-state index in [2.05, 4.69) is 26.2 Å². The molecule has 1 N–H and O–H groups in total. The highest BCUT2D eigenvalue weighted by Crippen LogP contribution is 2.11. The third kappa shape index (κ3) is 9.65. The van der Waals surface area contributed by atoms with Crippen LogP contribution in [0.4, 0.5) is 4.79 Å². The van der Waals surface area contributed by atoms with Gasteiger partial charge >= 0.3 is 6.09 Å². The molecule has 5 nitrogen and oxygen atoms in total. The number of halogens is 1. The number of ketones is 1. The summed E-state index contributed by atoms with van der Waals surface area (Å²) in [6, 6.07) is 5.37. The Morgan fingerprint density at radius 2 is 1.79 bits per heavy atom. The van der Waals surface area contributed by atoms with Crippen LogP contribution in [0.25, 0.3) is 0 Å². The van der Waals surface area contributed by atoms with Gasteiger partial charge in [0.25, 0.3) is 0 Å². The predicted molar refractivity (Wildman–Crippen MR) is 98.2 cm³/mol. The molecule has 1 aromatic rings. The standard InChI is InChI=1S/C18H27BrN2O3/c1-18(2,3)24-17(23)20-13-8-6-4-5-7-11-15(22)14-10-9-12-16(19)21-14/h9-10,12H,4-8,11,13H2,1-3H3,(H,20,23). The van der Waals surface area contributed by atoms with Crippen molar-refractivity contribution in [1.29, 1.82) is 0 Å². The number of unbranched alkanes of at least 4 members (excludes halogenated alkanes) is 4. The monoisotopic (exact) mass is 398 g/mol. The second-order valence-electron chi connectivity index (χ2n) is 6.72. The van der Waals surface area contributed by atoms with Crippen molar-refractivity contribution in [2.24, 2.45) is 0 Å². The molecule has 0 aromatic carbocycles. The zero-order valence-corrected chi connectivity index (χ0v) is 16.3. The van der Waals surface area contributed by atoms with Crippen molar-refractivity contribution in [1.82, 2.24) is 10.3 Å². The Morgan fingerprint density at radius 1 is 1.12 bits per heavy atom. The van der Waals surface area contributed by atoms with Gasteiger partial charge in [0.2, 0.25) is 0 Å². The van der Waals surface area contributed by atoms with Crippen LogP contribution in [0.2, 0.25) is 0 Å². The van der Waals surface area contributed by atoms with Crippen molar-refractivity contribution in [3.8, 4) is 0 Å². The minimum absolute atomic E-state index is 0.0860. The largest absolute Gasteiger partial charge is 0.444 e. The van der Waals surface area contributed by atoms with Crippen molar-refractivity contribution < 1.29 is 14.3 Å². The molecule has 0 saturated carbocycles. The second-order valence-corrected chi connectivity index (χ2v) is 7.53. The summed E-state index contributed by atoms with van der Waals surface area (Å²) in [4.78, 5) is 27.6. The van der Waals surface area contributed by atoms with Crippen LogP contribution in [0.5, 0.6) is 0 Å². The smallest absolute Gasteiger partial charge is 0.407 e. The maximum absolute atomic E-state index is 12.0. The van der Waals surface area contributed by atoms with Gasteiger partial charge in [0.1, 0.15) is 15.9 Å². The van der Waals surface area contributed by atoms with Gasteiger partial charge in [-0.15, -0.1) is 0 Å². The molecule has 1 rings (SSSR count). The van der Waals surface area contributed by atoms with Crippen LogP contribution in [-0.2, 0) is 4.74 Å². The maximum atomic E-state index is 12.0. The van der Waals surface area contributed by atoms with E-state index >= 15 is 0 Å². The highest BCUT2D eigenvalue weighted by molar-refractivity contribution is 9.10. The van der Waals surface area contributed by atoms with Gasteiger partial charge in [-0.05, 0) is 61.7 Å². The first kappa shape index (κ1) is 20.6. The molecule has 0 aliphatic rings. The molecular formula is C18H27BrN2O3.